The van der Waals surface area contributed by atoms with Gasteiger partial charge in [0.05, 0.1) is 16.8 Å². The summed E-state index contributed by atoms with van der Waals surface area (Å²) >= 11 is 1.33. The molecule has 0 saturated carbocycles. The van der Waals surface area contributed by atoms with Gasteiger partial charge in [-0.15, -0.1) is 5.11 Å². The number of ether oxygens (including phenoxy) is 1. The fourth-order valence-corrected chi connectivity index (χ4v) is 3.55. The molecule has 0 bridgehead atoms. The Kier molecular flexibility index (Phi) is 3.85. The summed E-state index contributed by atoms with van der Waals surface area (Å²) in [5.74, 6) is 0.131. The first-order valence-electron chi connectivity index (χ1n) is 7.79. The molecule has 1 aliphatic carbocycles. The minimum absolute atomic E-state index is 0.316. The van der Waals surface area contributed by atoms with Crippen LogP contribution in [0.1, 0.15) is 27.6 Å². The Labute approximate surface area is 147 Å². The molecule has 0 radical (unpaired) electrons. The minimum Gasteiger partial charge on any atom is -0.494 e. The second-order valence-corrected chi connectivity index (χ2v) is 6.46. The van der Waals surface area contributed by atoms with Crippen LogP contribution in [0.4, 0.5) is 5.13 Å². The van der Waals surface area contributed by atoms with Crippen LogP contribution in [0.25, 0.3) is 10.2 Å². The van der Waals surface area contributed by atoms with E-state index in [4.69, 9.17) is 4.74 Å². The van der Waals surface area contributed by atoms with Gasteiger partial charge in [-0.3, -0.25) is 9.59 Å². The van der Waals surface area contributed by atoms with Crippen LogP contribution < -0.4 is 4.74 Å². The van der Waals surface area contributed by atoms with Gasteiger partial charge < -0.3 is 4.74 Å². The number of aromatic nitrogens is 1. The lowest BCUT2D eigenvalue weighted by molar-refractivity contribution is 0.0891. The van der Waals surface area contributed by atoms with Crippen LogP contribution in [0.15, 0.2) is 52.7 Å². The highest BCUT2D eigenvalue weighted by molar-refractivity contribution is 7.21. The molecule has 3 aromatic rings. The molecule has 7 heteroatoms. The summed E-state index contributed by atoms with van der Waals surface area (Å²) in [6.45, 7) is 2.51. The van der Waals surface area contributed by atoms with E-state index in [2.05, 4.69) is 15.2 Å². The fraction of sp³-hybridized carbons (Fsp3) is 0.167. The van der Waals surface area contributed by atoms with Gasteiger partial charge in [-0.2, -0.15) is 5.11 Å². The summed E-state index contributed by atoms with van der Waals surface area (Å²) in [6, 6.07) is 11.2. The summed E-state index contributed by atoms with van der Waals surface area (Å²) < 4.78 is 6.37. The molecule has 1 aliphatic rings. The first-order valence-corrected chi connectivity index (χ1v) is 8.60. The van der Waals surface area contributed by atoms with Crippen molar-refractivity contribution in [1.82, 2.24) is 4.98 Å². The Morgan fingerprint density at radius 3 is 2.52 bits per heavy atom. The third-order valence-corrected chi connectivity index (χ3v) is 4.78. The lowest BCUT2D eigenvalue weighted by Gasteiger charge is -2.00. The molecule has 0 spiro atoms. The number of benzene rings is 2. The van der Waals surface area contributed by atoms with Crippen LogP contribution in [0, 0.1) is 0 Å². The number of azo groups is 1. The topological polar surface area (TPSA) is 81.0 Å². The molecular weight excluding hydrogens is 338 g/mol. The van der Waals surface area contributed by atoms with Gasteiger partial charge in [-0.05, 0) is 25.1 Å². The summed E-state index contributed by atoms with van der Waals surface area (Å²) in [6.07, 6.45) is 0. The Bertz CT molecular complexity index is 990. The third-order valence-electron chi connectivity index (χ3n) is 3.87. The van der Waals surface area contributed by atoms with Gasteiger partial charge in [-0.1, -0.05) is 35.6 Å². The van der Waals surface area contributed by atoms with E-state index in [0.29, 0.717) is 22.9 Å². The smallest absolute Gasteiger partial charge is 0.230 e. The van der Waals surface area contributed by atoms with E-state index >= 15 is 0 Å². The predicted molar refractivity (Wildman–Crippen MR) is 94.2 cm³/mol. The van der Waals surface area contributed by atoms with Gasteiger partial charge in [0.15, 0.2) is 17.6 Å². The van der Waals surface area contributed by atoms with E-state index in [1.54, 1.807) is 24.3 Å². The molecule has 124 valence electrons. The van der Waals surface area contributed by atoms with E-state index in [0.717, 1.165) is 16.0 Å². The van der Waals surface area contributed by atoms with Gasteiger partial charge in [0.25, 0.3) is 0 Å². The summed E-state index contributed by atoms with van der Waals surface area (Å²) in [7, 11) is 0. The SMILES string of the molecule is CCOc1ccc2nc(N=NC3C(=O)c4ccccc4C3=O)sc2c1. The molecular formula is C18H13N3O3S. The molecule has 0 fully saturated rings. The molecule has 0 saturated heterocycles. The summed E-state index contributed by atoms with van der Waals surface area (Å²) in [4.78, 5) is 29.0. The minimum atomic E-state index is -1.11. The van der Waals surface area contributed by atoms with E-state index < -0.39 is 6.04 Å². The molecule has 0 unspecified atom stereocenters. The highest BCUT2D eigenvalue weighted by atomic mass is 32.1. The van der Waals surface area contributed by atoms with Gasteiger partial charge in [-0.25, -0.2) is 4.98 Å². The number of fused-ring (bicyclic) bond motifs is 2. The summed E-state index contributed by atoms with van der Waals surface area (Å²) in [5, 5.41) is 8.40. The number of Topliss-reactive ketones (excluding diaryl/α,β-unsaturated/α-hetero) is 2. The maximum absolute atomic E-state index is 12.3. The van der Waals surface area contributed by atoms with Crippen molar-refractivity contribution in [2.24, 2.45) is 10.2 Å². The van der Waals surface area contributed by atoms with Crippen LogP contribution in [0.3, 0.4) is 0 Å². The quantitative estimate of drug-likeness (QED) is 0.520. The average molecular weight is 351 g/mol. The second kappa shape index (κ2) is 6.18. The van der Waals surface area contributed by atoms with E-state index in [1.807, 2.05) is 25.1 Å². The Hall–Kier alpha value is -2.93. The standard InChI is InChI=1S/C18H13N3O3S/c1-2-24-10-7-8-13-14(9-10)25-18(19-13)21-20-15-16(22)11-5-3-4-6-12(11)17(15)23/h3-9,15H,2H2,1H3. The molecule has 0 N–H and O–H groups in total. The van der Waals surface area contributed by atoms with E-state index in [1.165, 1.54) is 11.3 Å². The van der Waals surface area contributed by atoms with Crippen LogP contribution in [0.2, 0.25) is 0 Å². The molecule has 1 heterocycles. The molecule has 4 rings (SSSR count). The highest BCUT2D eigenvalue weighted by Crippen LogP contribution is 2.32. The lowest BCUT2D eigenvalue weighted by atomic mass is 10.1. The number of carbonyl (C=O) groups is 2. The molecule has 6 nitrogen and oxygen atoms in total. The van der Waals surface area contributed by atoms with Gasteiger partial charge in [0.1, 0.15) is 5.75 Å². The molecule has 0 amide bonds. The number of hydrogen-bond donors (Lipinski definition) is 0. The monoisotopic (exact) mass is 351 g/mol. The van der Waals surface area contributed by atoms with Crippen molar-refractivity contribution in [1.29, 1.82) is 0 Å². The normalized spacial score (nSPS) is 14.6. The van der Waals surface area contributed by atoms with Gasteiger partial charge in [0, 0.05) is 11.1 Å². The van der Waals surface area contributed by atoms with Crippen LogP contribution >= 0.6 is 11.3 Å². The zero-order chi connectivity index (χ0) is 17.4. The largest absolute Gasteiger partial charge is 0.494 e. The number of nitrogens with zero attached hydrogens (tertiary/aromatic N) is 3. The van der Waals surface area contributed by atoms with Crippen molar-refractivity contribution < 1.29 is 14.3 Å². The Morgan fingerprint density at radius 2 is 1.84 bits per heavy atom. The predicted octanol–water partition coefficient (Wildman–Crippen LogP) is 4.23. The summed E-state index contributed by atoms with van der Waals surface area (Å²) in [5.41, 5.74) is 1.58. The zero-order valence-electron chi connectivity index (χ0n) is 13.3. The molecule has 25 heavy (non-hydrogen) atoms. The number of ketones is 2. The van der Waals surface area contributed by atoms with Crippen molar-refractivity contribution in [3.8, 4) is 5.75 Å². The Balaban J connectivity index is 1.61. The lowest BCUT2D eigenvalue weighted by Crippen LogP contribution is -2.18. The number of rotatable bonds is 4. The van der Waals surface area contributed by atoms with E-state index in [-0.39, 0.29) is 11.6 Å². The fourth-order valence-electron chi connectivity index (χ4n) is 2.73. The first-order chi connectivity index (χ1) is 12.2. The van der Waals surface area contributed by atoms with Crippen molar-refractivity contribution >= 4 is 38.3 Å². The van der Waals surface area contributed by atoms with Crippen LogP contribution in [0.5, 0.6) is 5.75 Å². The molecule has 0 atom stereocenters. The van der Waals surface area contributed by atoms with Crippen molar-refractivity contribution in [3.63, 3.8) is 0 Å². The highest BCUT2D eigenvalue weighted by Gasteiger charge is 2.38. The number of hydrogen-bond acceptors (Lipinski definition) is 7. The van der Waals surface area contributed by atoms with Crippen LogP contribution in [-0.4, -0.2) is 29.2 Å². The zero-order valence-corrected chi connectivity index (χ0v) is 14.1. The van der Waals surface area contributed by atoms with Crippen molar-refractivity contribution in [2.45, 2.75) is 13.0 Å². The second-order valence-electron chi connectivity index (χ2n) is 5.45. The average Bonchev–Trinajstić information content (AvgIpc) is 3.13. The third kappa shape index (κ3) is 2.72. The number of thiazole rings is 1. The molecule has 0 aliphatic heterocycles. The maximum atomic E-state index is 12.3. The van der Waals surface area contributed by atoms with Crippen molar-refractivity contribution in [2.75, 3.05) is 6.61 Å². The maximum Gasteiger partial charge on any atom is 0.230 e. The van der Waals surface area contributed by atoms with Crippen molar-refractivity contribution in [3.05, 3.63) is 53.6 Å². The van der Waals surface area contributed by atoms with Crippen LogP contribution in [-0.2, 0) is 0 Å². The van der Waals surface area contributed by atoms with Gasteiger partial charge >= 0.3 is 0 Å². The van der Waals surface area contributed by atoms with E-state index in [9.17, 15) is 9.59 Å². The first kappa shape index (κ1) is 15.6. The number of carbonyl (C=O) groups excluding carboxylic acids is 2. The molecule has 2 aromatic carbocycles. The Morgan fingerprint density at radius 1 is 1.12 bits per heavy atom. The van der Waals surface area contributed by atoms with Gasteiger partial charge in [0.2, 0.25) is 5.13 Å². The molecule has 1 aromatic heterocycles.